The normalized spacial score (nSPS) is 15.1. The zero-order valence-electron chi connectivity index (χ0n) is 11.5. The van der Waals surface area contributed by atoms with Crippen LogP contribution in [0.1, 0.15) is 29.5 Å². The first-order valence-corrected chi connectivity index (χ1v) is 6.60. The Kier molecular flexibility index (Phi) is 3.72. The molecule has 0 aliphatic heterocycles. The van der Waals surface area contributed by atoms with E-state index in [0.29, 0.717) is 0 Å². The summed E-state index contributed by atoms with van der Waals surface area (Å²) in [4.78, 5) is 2.36. The van der Waals surface area contributed by atoms with E-state index in [2.05, 4.69) is 50.2 Å². The number of rotatable bonds is 5. The van der Waals surface area contributed by atoms with E-state index in [9.17, 15) is 0 Å². The zero-order chi connectivity index (χ0) is 12.4. The van der Waals surface area contributed by atoms with Gasteiger partial charge in [0.15, 0.2) is 0 Å². The lowest BCUT2D eigenvalue weighted by Crippen LogP contribution is -2.30. The van der Waals surface area contributed by atoms with Gasteiger partial charge in [-0.15, -0.1) is 0 Å². The quantitative estimate of drug-likeness (QED) is 0.840. The molecule has 2 nitrogen and oxygen atoms in total. The Morgan fingerprint density at radius 3 is 2.41 bits per heavy atom. The van der Waals surface area contributed by atoms with Crippen LogP contribution in [0.15, 0.2) is 12.1 Å². The van der Waals surface area contributed by atoms with E-state index in [1.807, 2.05) is 0 Å². The van der Waals surface area contributed by atoms with Gasteiger partial charge < -0.3 is 10.2 Å². The average molecular weight is 232 g/mol. The summed E-state index contributed by atoms with van der Waals surface area (Å²) < 4.78 is 0. The molecule has 1 aromatic rings. The Labute approximate surface area is 105 Å². The fraction of sp³-hybridized carbons (Fsp3) is 0.600. The molecular weight excluding hydrogens is 208 g/mol. The minimum atomic E-state index is 0.809. The maximum Gasteiger partial charge on any atom is 0.0396 e. The number of hydrogen-bond acceptors (Lipinski definition) is 2. The van der Waals surface area contributed by atoms with Crippen LogP contribution in [-0.2, 0) is 0 Å². The molecular formula is C15H24N2. The molecule has 1 N–H and O–H groups in total. The van der Waals surface area contributed by atoms with E-state index in [-0.39, 0.29) is 0 Å². The van der Waals surface area contributed by atoms with E-state index < -0.39 is 0 Å². The maximum atomic E-state index is 3.56. The Balaban J connectivity index is 1.96. The summed E-state index contributed by atoms with van der Waals surface area (Å²) in [6.45, 7) is 8.75. The number of hydrogen-bond donors (Lipinski definition) is 1. The summed E-state index contributed by atoms with van der Waals surface area (Å²) in [5.74, 6) is 0. The molecule has 1 aliphatic carbocycles. The van der Waals surface area contributed by atoms with E-state index in [4.69, 9.17) is 0 Å². The van der Waals surface area contributed by atoms with Crippen molar-refractivity contribution < 1.29 is 0 Å². The van der Waals surface area contributed by atoms with Gasteiger partial charge >= 0.3 is 0 Å². The molecule has 2 rings (SSSR count). The molecule has 17 heavy (non-hydrogen) atoms. The van der Waals surface area contributed by atoms with Crippen molar-refractivity contribution in [1.82, 2.24) is 5.32 Å². The van der Waals surface area contributed by atoms with Gasteiger partial charge in [-0.3, -0.25) is 0 Å². The van der Waals surface area contributed by atoms with Gasteiger partial charge in [0, 0.05) is 31.9 Å². The van der Waals surface area contributed by atoms with Gasteiger partial charge in [-0.2, -0.15) is 0 Å². The predicted molar refractivity (Wildman–Crippen MR) is 74.9 cm³/mol. The molecule has 0 atom stereocenters. The van der Waals surface area contributed by atoms with Crippen LogP contribution in [0.2, 0.25) is 0 Å². The molecule has 1 fully saturated rings. The number of benzene rings is 1. The molecule has 1 aromatic carbocycles. The molecule has 0 saturated heterocycles. The van der Waals surface area contributed by atoms with Gasteiger partial charge in [0.05, 0.1) is 0 Å². The van der Waals surface area contributed by atoms with Gasteiger partial charge in [0.2, 0.25) is 0 Å². The van der Waals surface area contributed by atoms with Crippen LogP contribution in [0.4, 0.5) is 5.69 Å². The fourth-order valence-electron chi connectivity index (χ4n) is 2.20. The third kappa shape index (κ3) is 3.22. The maximum absolute atomic E-state index is 3.56. The molecule has 0 bridgehead atoms. The van der Waals surface area contributed by atoms with E-state index in [0.717, 1.165) is 19.1 Å². The van der Waals surface area contributed by atoms with Crippen molar-refractivity contribution in [1.29, 1.82) is 0 Å². The fourth-order valence-corrected chi connectivity index (χ4v) is 2.20. The first-order valence-electron chi connectivity index (χ1n) is 6.60. The second kappa shape index (κ2) is 5.09. The zero-order valence-corrected chi connectivity index (χ0v) is 11.5. The summed E-state index contributed by atoms with van der Waals surface area (Å²) in [7, 11) is 2.19. The number of nitrogens with one attached hydrogen (secondary N) is 1. The Morgan fingerprint density at radius 1 is 1.12 bits per heavy atom. The molecule has 1 saturated carbocycles. The smallest absolute Gasteiger partial charge is 0.0396 e. The minimum absolute atomic E-state index is 0.809. The SMILES string of the molecule is Cc1cc(C)c(N(C)CCNC2CC2)cc1C. The number of nitrogens with zero attached hydrogens (tertiary/aromatic N) is 1. The molecule has 0 unspecified atom stereocenters. The highest BCUT2D eigenvalue weighted by atomic mass is 15.1. The molecule has 0 amide bonds. The van der Waals surface area contributed by atoms with Crippen molar-refractivity contribution in [3.63, 3.8) is 0 Å². The van der Waals surface area contributed by atoms with Crippen LogP contribution in [0.25, 0.3) is 0 Å². The highest BCUT2D eigenvalue weighted by Gasteiger charge is 2.19. The van der Waals surface area contributed by atoms with Crippen molar-refractivity contribution in [2.45, 2.75) is 39.7 Å². The summed E-state index contributed by atoms with van der Waals surface area (Å²) in [5, 5.41) is 3.56. The van der Waals surface area contributed by atoms with Crippen molar-refractivity contribution in [3.05, 3.63) is 28.8 Å². The van der Waals surface area contributed by atoms with Crippen LogP contribution in [0, 0.1) is 20.8 Å². The van der Waals surface area contributed by atoms with Crippen molar-refractivity contribution in [2.75, 3.05) is 25.0 Å². The number of anilines is 1. The topological polar surface area (TPSA) is 15.3 Å². The third-order valence-electron chi connectivity index (χ3n) is 3.68. The third-order valence-corrected chi connectivity index (χ3v) is 3.68. The molecule has 0 radical (unpaired) electrons. The molecule has 1 aliphatic rings. The van der Waals surface area contributed by atoms with Crippen molar-refractivity contribution in [2.24, 2.45) is 0 Å². The van der Waals surface area contributed by atoms with Crippen LogP contribution in [-0.4, -0.2) is 26.2 Å². The van der Waals surface area contributed by atoms with Crippen LogP contribution in [0.5, 0.6) is 0 Å². The second-order valence-electron chi connectivity index (χ2n) is 5.37. The molecule has 0 heterocycles. The largest absolute Gasteiger partial charge is 0.373 e. The summed E-state index contributed by atoms with van der Waals surface area (Å²) in [6.07, 6.45) is 2.73. The van der Waals surface area contributed by atoms with Gasteiger partial charge in [-0.25, -0.2) is 0 Å². The van der Waals surface area contributed by atoms with E-state index in [1.54, 1.807) is 0 Å². The molecule has 0 aromatic heterocycles. The van der Waals surface area contributed by atoms with Crippen molar-refractivity contribution in [3.8, 4) is 0 Å². The Bertz CT molecular complexity index is 394. The first-order chi connectivity index (χ1) is 8.08. The van der Waals surface area contributed by atoms with Crippen molar-refractivity contribution >= 4 is 5.69 Å². The molecule has 0 spiro atoms. The summed E-state index contributed by atoms with van der Waals surface area (Å²) >= 11 is 0. The highest BCUT2D eigenvalue weighted by molar-refractivity contribution is 5.56. The van der Waals surface area contributed by atoms with Crippen LogP contribution in [0.3, 0.4) is 0 Å². The standard InChI is InChI=1S/C15H24N2/c1-11-9-13(3)15(10-12(11)2)17(4)8-7-16-14-5-6-14/h9-10,14,16H,5-8H2,1-4H3. The Hall–Kier alpha value is -1.02. The summed E-state index contributed by atoms with van der Waals surface area (Å²) in [5.41, 5.74) is 5.51. The van der Waals surface area contributed by atoms with E-state index >= 15 is 0 Å². The first kappa shape index (κ1) is 12.4. The molecule has 94 valence electrons. The summed E-state index contributed by atoms with van der Waals surface area (Å²) in [6, 6.07) is 5.40. The van der Waals surface area contributed by atoms with Crippen LogP contribution < -0.4 is 10.2 Å². The lowest BCUT2D eigenvalue weighted by atomic mass is 10.0. The average Bonchev–Trinajstić information content (AvgIpc) is 3.07. The second-order valence-corrected chi connectivity index (χ2v) is 5.37. The highest BCUT2D eigenvalue weighted by Crippen LogP contribution is 2.23. The lowest BCUT2D eigenvalue weighted by molar-refractivity contribution is 0.674. The van der Waals surface area contributed by atoms with Crippen LogP contribution >= 0.6 is 0 Å². The minimum Gasteiger partial charge on any atom is -0.373 e. The van der Waals surface area contributed by atoms with Gasteiger partial charge in [0.1, 0.15) is 0 Å². The predicted octanol–water partition coefficient (Wildman–Crippen LogP) is 2.80. The molecule has 2 heteroatoms. The van der Waals surface area contributed by atoms with Gasteiger partial charge in [-0.1, -0.05) is 6.07 Å². The monoisotopic (exact) mass is 232 g/mol. The van der Waals surface area contributed by atoms with Gasteiger partial charge in [-0.05, 0) is 56.4 Å². The van der Waals surface area contributed by atoms with E-state index in [1.165, 1.54) is 35.2 Å². The lowest BCUT2D eigenvalue weighted by Gasteiger charge is -2.23. The Morgan fingerprint density at radius 2 is 1.76 bits per heavy atom. The van der Waals surface area contributed by atoms with Gasteiger partial charge in [0.25, 0.3) is 0 Å². The number of likely N-dealkylation sites (N-methyl/N-ethyl adjacent to an activating group) is 1. The number of aryl methyl sites for hydroxylation is 3.